The molecule has 2 rings (SSSR count). The zero-order valence-electron chi connectivity index (χ0n) is 12.3. The molecule has 0 N–H and O–H groups in total. The first-order chi connectivity index (χ1) is 8.90. The van der Waals surface area contributed by atoms with Crippen LogP contribution in [0.2, 0.25) is 0 Å². The minimum Gasteiger partial charge on any atom is -0.652 e. The molecule has 0 bridgehead atoms. The molecule has 1 aliphatic rings. The average Bonchev–Trinajstić information content (AvgIpc) is 3.10. The fraction of sp³-hybridized carbons (Fsp3) is 0.417. The van der Waals surface area contributed by atoms with E-state index in [4.69, 9.17) is 19.7 Å². The number of benzene rings is 1. The van der Waals surface area contributed by atoms with Crippen LogP contribution < -0.4 is 118 Å². The Morgan fingerprint density at radius 3 is 2.29 bits per heavy atom. The van der Waals surface area contributed by atoms with Crippen molar-refractivity contribution >= 4 is 11.8 Å². The number of carboxylic acid groups (broad SMARTS) is 2. The van der Waals surface area contributed by atoms with E-state index in [2.05, 4.69) is 0 Å². The molecule has 104 valence electrons. The van der Waals surface area contributed by atoms with Gasteiger partial charge in [0, 0.05) is 5.56 Å². The Balaban J connectivity index is 0. The second kappa shape index (κ2) is 12.4. The fourth-order valence-corrected chi connectivity index (χ4v) is 1.37. The topological polar surface area (TPSA) is 116 Å². The summed E-state index contributed by atoms with van der Waals surface area (Å²) in [6, 6.07) is 5.00. The zero-order chi connectivity index (χ0) is 14.4. The molecule has 0 aromatic heterocycles. The monoisotopic (exact) mass is 345 g/mol. The van der Waals surface area contributed by atoms with E-state index in [0.29, 0.717) is 23.8 Å². The molecule has 1 aromatic carbocycles. The van der Waals surface area contributed by atoms with Crippen molar-refractivity contribution < 1.29 is 127 Å². The smallest absolute Gasteiger partial charge is 0.652 e. The van der Waals surface area contributed by atoms with Gasteiger partial charge in [-0.05, 0) is 44.0 Å². The Kier molecular flexibility index (Phi) is 14.3. The van der Waals surface area contributed by atoms with Crippen molar-refractivity contribution in [3.05, 3.63) is 33.9 Å². The van der Waals surface area contributed by atoms with Crippen molar-refractivity contribution in [2.45, 2.75) is 19.8 Å². The quantitative estimate of drug-likeness (QED) is 0.305. The van der Waals surface area contributed by atoms with E-state index < -0.39 is 6.16 Å². The van der Waals surface area contributed by atoms with Crippen LogP contribution in [-0.2, 0) is 0 Å². The van der Waals surface area contributed by atoms with Gasteiger partial charge >= 0.3 is 103 Å². The number of hydrogen-bond donors (Lipinski definition) is 0. The number of carbonyl (C=O) groups excluding carboxylic acids is 1. The van der Waals surface area contributed by atoms with Gasteiger partial charge in [0.15, 0.2) is 0 Å². The largest absolute Gasteiger partial charge is 1.00 e. The summed E-state index contributed by atoms with van der Waals surface area (Å²) in [5.41, 5.74) is 0.794. The Bertz CT molecular complexity index is 475. The van der Waals surface area contributed by atoms with Crippen LogP contribution in [0.5, 0.6) is 5.75 Å². The van der Waals surface area contributed by atoms with Crippen LogP contribution >= 0.6 is 0 Å². The molecule has 0 atom stereocenters. The number of hydrogen-bond acceptors (Lipinski definition) is 6. The van der Waals surface area contributed by atoms with E-state index in [0.717, 1.165) is 0 Å². The minimum atomic E-state index is -2.33. The van der Waals surface area contributed by atoms with Crippen molar-refractivity contribution in [1.29, 1.82) is 0 Å². The van der Waals surface area contributed by atoms with E-state index in [1.165, 1.54) is 18.9 Å². The molecule has 0 spiro atoms. The first-order valence-electron chi connectivity index (χ1n) is 5.66. The van der Waals surface area contributed by atoms with Crippen LogP contribution in [0.1, 0.15) is 18.4 Å². The molecular weight excluding hydrogens is 332 g/mol. The summed E-state index contributed by atoms with van der Waals surface area (Å²) in [6.45, 7) is 2.41. The average molecular weight is 345 g/mol. The number of carbonyl (C=O) groups is 1. The molecule has 0 amide bonds. The van der Waals surface area contributed by atoms with Gasteiger partial charge in [-0.3, -0.25) is 10.1 Å². The fourth-order valence-electron chi connectivity index (χ4n) is 1.37. The van der Waals surface area contributed by atoms with Gasteiger partial charge < -0.3 is 19.7 Å². The van der Waals surface area contributed by atoms with Crippen molar-refractivity contribution in [3.63, 3.8) is 0 Å². The van der Waals surface area contributed by atoms with Gasteiger partial charge in [0.2, 0.25) is 0 Å². The number of nitro groups is 1. The molecule has 21 heavy (non-hydrogen) atoms. The summed E-state index contributed by atoms with van der Waals surface area (Å²) in [7, 11) is 0. The Morgan fingerprint density at radius 2 is 1.86 bits per heavy atom. The van der Waals surface area contributed by atoms with Crippen LogP contribution in [0.3, 0.4) is 0 Å². The molecule has 7 nitrogen and oxygen atoms in total. The van der Waals surface area contributed by atoms with E-state index in [1.54, 1.807) is 19.1 Å². The van der Waals surface area contributed by atoms with Crippen LogP contribution in [0.15, 0.2) is 18.2 Å². The van der Waals surface area contributed by atoms with Crippen LogP contribution in [-0.4, -0.2) is 17.7 Å². The summed E-state index contributed by atoms with van der Waals surface area (Å²) < 4.78 is 5.47. The molecule has 0 radical (unpaired) electrons. The van der Waals surface area contributed by atoms with Gasteiger partial charge in [-0.25, -0.2) is 0 Å². The van der Waals surface area contributed by atoms with Crippen molar-refractivity contribution in [3.8, 4) is 5.75 Å². The predicted molar refractivity (Wildman–Crippen MR) is 61.4 cm³/mol. The van der Waals surface area contributed by atoms with Crippen molar-refractivity contribution in [2.24, 2.45) is 5.92 Å². The minimum absolute atomic E-state index is 0. The summed E-state index contributed by atoms with van der Waals surface area (Å²) in [4.78, 5) is 18.6. The van der Waals surface area contributed by atoms with Gasteiger partial charge in [-0.1, -0.05) is 0 Å². The van der Waals surface area contributed by atoms with Crippen LogP contribution in [0.4, 0.5) is 10.5 Å². The molecule has 1 fully saturated rings. The summed E-state index contributed by atoms with van der Waals surface area (Å²) in [5.74, 6) is 1.25. The molecular formula is C12H13K2NO6. The number of aryl methyl sites for hydroxylation is 1. The maximum absolute atomic E-state index is 10.7. The normalized spacial score (nSPS) is 11.9. The van der Waals surface area contributed by atoms with Crippen LogP contribution in [0, 0.1) is 23.0 Å². The molecule has 1 aliphatic carbocycles. The zero-order valence-corrected chi connectivity index (χ0v) is 18.6. The maximum atomic E-state index is 10.7. The van der Waals surface area contributed by atoms with Crippen molar-refractivity contribution in [1.82, 2.24) is 0 Å². The Hall–Kier alpha value is 0.963. The molecule has 0 heterocycles. The van der Waals surface area contributed by atoms with E-state index in [-0.39, 0.29) is 113 Å². The number of ether oxygens (including phenoxy) is 1. The molecule has 0 saturated heterocycles. The third kappa shape index (κ3) is 11.2. The summed E-state index contributed by atoms with van der Waals surface area (Å²) >= 11 is 0. The van der Waals surface area contributed by atoms with Crippen LogP contribution in [0.25, 0.3) is 0 Å². The first-order valence-corrected chi connectivity index (χ1v) is 5.66. The van der Waals surface area contributed by atoms with Gasteiger partial charge in [-0.2, -0.15) is 0 Å². The summed E-state index contributed by atoms with van der Waals surface area (Å²) in [6.07, 6.45) is 0.0991. The number of nitrogens with zero attached hydrogens (tertiary/aromatic N) is 1. The Labute approximate surface area is 207 Å². The summed E-state index contributed by atoms with van der Waals surface area (Å²) in [5, 5.41) is 27.3. The van der Waals surface area contributed by atoms with Crippen molar-refractivity contribution in [2.75, 3.05) is 6.61 Å². The molecule has 1 saturated carbocycles. The molecule has 9 heteroatoms. The van der Waals surface area contributed by atoms with Gasteiger partial charge in [0.25, 0.3) is 5.69 Å². The number of nitro benzene ring substituents is 1. The van der Waals surface area contributed by atoms with Gasteiger partial charge in [-0.15, -0.1) is 0 Å². The number of rotatable bonds is 4. The molecule has 1 aromatic rings. The predicted octanol–water partition coefficient (Wildman–Crippen LogP) is -5.75. The first kappa shape index (κ1) is 24.2. The second-order valence-corrected chi connectivity index (χ2v) is 4.21. The van der Waals surface area contributed by atoms with Gasteiger partial charge in [0.05, 0.1) is 17.6 Å². The third-order valence-electron chi connectivity index (χ3n) is 2.56. The van der Waals surface area contributed by atoms with E-state index >= 15 is 0 Å². The Morgan fingerprint density at radius 1 is 1.33 bits per heavy atom. The molecule has 0 aliphatic heterocycles. The SMILES string of the molecule is Cc1ccc(OCC2CC2)cc1[N+](=O)[O-].O=C([O-])[O-].[K+].[K+]. The van der Waals surface area contributed by atoms with E-state index in [1.807, 2.05) is 0 Å². The third-order valence-corrected chi connectivity index (χ3v) is 2.56. The second-order valence-electron chi connectivity index (χ2n) is 4.21. The van der Waals surface area contributed by atoms with E-state index in [9.17, 15) is 10.1 Å². The maximum Gasteiger partial charge on any atom is 1.00 e. The molecule has 0 unspecified atom stereocenters. The van der Waals surface area contributed by atoms with Gasteiger partial charge in [0.1, 0.15) is 5.75 Å². The standard InChI is InChI=1S/C11H13NO3.CH2O3.2K/c1-8-2-5-10(6-11(8)12(13)14)15-7-9-3-4-9;2-1(3)4;;/h2,5-6,9H,3-4,7H2,1H3;(H2,2,3,4);;/q;;2*+1/p-2.